The molecule has 1 N–H and O–H groups in total. The fraction of sp³-hybridized carbons (Fsp3) is 0.208. The summed E-state index contributed by atoms with van der Waals surface area (Å²) in [6, 6.07) is 19.0. The van der Waals surface area contributed by atoms with Crippen LogP contribution in [-0.2, 0) is 4.79 Å². The number of halogens is 1. The summed E-state index contributed by atoms with van der Waals surface area (Å²) in [4.78, 5) is 13.2. The van der Waals surface area contributed by atoms with Crippen molar-refractivity contribution in [2.45, 2.75) is 19.8 Å². The van der Waals surface area contributed by atoms with Crippen LogP contribution in [0.25, 0.3) is 21.9 Å². The molecule has 29 heavy (non-hydrogen) atoms. The van der Waals surface area contributed by atoms with Gasteiger partial charge in [0.15, 0.2) is 0 Å². The molecule has 0 bridgehead atoms. The highest BCUT2D eigenvalue weighted by atomic mass is 35.5. The van der Waals surface area contributed by atoms with Gasteiger partial charge in [-0.15, -0.1) is 0 Å². The smallest absolute Gasteiger partial charge is 0.232 e. The van der Waals surface area contributed by atoms with E-state index in [0.29, 0.717) is 22.0 Å². The van der Waals surface area contributed by atoms with Crippen LogP contribution in [-0.4, -0.2) is 13.0 Å². The number of carbonyl (C=O) groups excluding carboxylic acids is 1. The number of carbonyl (C=O) groups is 1. The molecule has 4 aromatic rings. The summed E-state index contributed by atoms with van der Waals surface area (Å²) in [7, 11) is 1.60. The quantitative estimate of drug-likeness (QED) is 0.404. The number of para-hydroxylation sites is 1. The fourth-order valence-corrected chi connectivity index (χ4v) is 3.86. The Balaban J connectivity index is 1.72. The number of anilines is 1. The minimum absolute atomic E-state index is 0.101. The fourth-order valence-electron chi connectivity index (χ4n) is 3.74. The number of nitrogens with one attached hydrogen (secondary N) is 1. The lowest BCUT2D eigenvalue weighted by atomic mass is 9.87. The molecule has 0 saturated carbocycles. The van der Waals surface area contributed by atoms with Crippen molar-refractivity contribution in [1.82, 2.24) is 0 Å². The van der Waals surface area contributed by atoms with E-state index in [1.807, 2.05) is 62.4 Å². The Labute approximate surface area is 174 Å². The molecule has 0 fully saturated rings. The zero-order chi connectivity index (χ0) is 20.5. The van der Waals surface area contributed by atoms with Crippen LogP contribution in [0.15, 0.2) is 65.1 Å². The Morgan fingerprint density at radius 3 is 2.41 bits per heavy atom. The van der Waals surface area contributed by atoms with Gasteiger partial charge >= 0.3 is 0 Å². The van der Waals surface area contributed by atoms with Gasteiger partial charge in [0, 0.05) is 21.9 Å². The lowest BCUT2D eigenvalue weighted by Gasteiger charge is -2.21. The molecule has 0 unspecified atom stereocenters. The van der Waals surface area contributed by atoms with Crippen molar-refractivity contribution in [2.24, 2.45) is 5.92 Å². The first-order valence-electron chi connectivity index (χ1n) is 9.53. The van der Waals surface area contributed by atoms with Crippen molar-refractivity contribution < 1.29 is 13.9 Å². The number of benzene rings is 3. The Hall–Kier alpha value is -2.98. The molecule has 148 valence electrons. The van der Waals surface area contributed by atoms with Gasteiger partial charge in [0.05, 0.1) is 18.7 Å². The second kappa shape index (κ2) is 7.80. The van der Waals surface area contributed by atoms with Gasteiger partial charge in [0.25, 0.3) is 0 Å². The van der Waals surface area contributed by atoms with Crippen molar-refractivity contribution in [3.8, 4) is 5.75 Å². The first kappa shape index (κ1) is 19.3. The average molecular weight is 408 g/mol. The predicted octanol–water partition coefficient (Wildman–Crippen LogP) is 6.63. The van der Waals surface area contributed by atoms with E-state index in [4.69, 9.17) is 20.8 Å². The van der Waals surface area contributed by atoms with E-state index in [0.717, 1.165) is 21.9 Å². The third-order valence-corrected chi connectivity index (χ3v) is 5.39. The van der Waals surface area contributed by atoms with E-state index in [1.165, 1.54) is 0 Å². The minimum Gasteiger partial charge on any atom is -0.495 e. The molecular formula is C24H22ClNO3. The van der Waals surface area contributed by atoms with Gasteiger partial charge in [-0.05, 0) is 35.7 Å². The molecule has 0 saturated heterocycles. The lowest BCUT2D eigenvalue weighted by Crippen LogP contribution is -2.25. The van der Waals surface area contributed by atoms with Crippen molar-refractivity contribution in [2.75, 3.05) is 12.4 Å². The summed E-state index contributed by atoms with van der Waals surface area (Å²) in [5.41, 5.74) is 3.01. The lowest BCUT2D eigenvalue weighted by molar-refractivity contribution is -0.118. The topological polar surface area (TPSA) is 51.5 Å². The van der Waals surface area contributed by atoms with Crippen LogP contribution in [0.1, 0.15) is 25.3 Å². The van der Waals surface area contributed by atoms with E-state index < -0.39 is 0 Å². The number of methoxy groups -OCH3 is 1. The van der Waals surface area contributed by atoms with E-state index >= 15 is 0 Å². The zero-order valence-electron chi connectivity index (χ0n) is 16.5. The van der Waals surface area contributed by atoms with E-state index in [9.17, 15) is 4.79 Å². The van der Waals surface area contributed by atoms with Crippen molar-refractivity contribution >= 4 is 45.1 Å². The molecule has 3 aromatic carbocycles. The van der Waals surface area contributed by atoms with Crippen LogP contribution in [0.2, 0.25) is 5.02 Å². The van der Waals surface area contributed by atoms with Crippen LogP contribution in [0, 0.1) is 5.92 Å². The number of amides is 1. The number of fused-ring (bicyclic) bond motifs is 3. The van der Waals surface area contributed by atoms with Crippen molar-refractivity contribution in [3.63, 3.8) is 0 Å². The molecule has 0 aliphatic carbocycles. The molecule has 1 amide bonds. The van der Waals surface area contributed by atoms with Crippen LogP contribution < -0.4 is 10.1 Å². The van der Waals surface area contributed by atoms with Crippen LogP contribution in [0.5, 0.6) is 5.75 Å². The average Bonchev–Trinajstić information content (AvgIpc) is 3.06. The number of rotatable bonds is 5. The third-order valence-electron chi connectivity index (χ3n) is 5.13. The summed E-state index contributed by atoms with van der Waals surface area (Å²) >= 11 is 6.01. The van der Waals surface area contributed by atoms with E-state index in [2.05, 4.69) is 5.32 Å². The highest BCUT2D eigenvalue weighted by Gasteiger charge is 2.25. The SMILES string of the molecule is COc1cc2c(cc1NC(=O)[C@H](c1ccc(Cl)cc1)C(C)C)oc1ccccc12. The van der Waals surface area contributed by atoms with Gasteiger partial charge < -0.3 is 14.5 Å². The zero-order valence-corrected chi connectivity index (χ0v) is 17.3. The van der Waals surface area contributed by atoms with Crippen LogP contribution in [0.3, 0.4) is 0 Å². The molecule has 0 spiro atoms. The number of hydrogen-bond acceptors (Lipinski definition) is 3. The minimum atomic E-state index is -0.316. The molecular weight excluding hydrogens is 386 g/mol. The molecule has 0 radical (unpaired) electrons. The molecule has 1 aromatic heterocycles. The second-order valence-electron chi connectivity index (χ2n) is 7.41. The van der Waals surface area contributed by atoms with Crippen LogP contribution in [0.4, 0.5) is 5.69 Å². The summed E-state index contributed by atoms with van der Waals surface area (Å²) in [6.07, 6.45) is 0. The molecule has 1 atom stereocenters. The normalized spacial score (nSPS) is 12.4. The predicted molar refractivity (Wildman–Crippen MR) is 118 cm³/mol. The summed E-state index contributed by atoms with van der Waals surface area (Å²) in [5, 5.41) is 5.65. The molecule has 4 nitrogen and oxygen atoms in total. The maximum Gasteiger partial charge on any atom is 0.232 e. The Bertz CT molecular complexity index is 1180. The molecule has 5 heteroatoms. The highest BCUT2D eigenvalue weighted by Crippen LogP contribution is 2.37. The Morgan fingerprint density at radius 2 is 1.72 bits per heavy atom. The summed E-state index contributed by atoms with van der Waals surface area (Å²) in [5.74, 6) is 0.285. The number of furan rings is 1. The molecule has 1 heterocycles. The third kappa shape index (κ3) is 3.68. The number of ether oxygens (including phenoxy) is 1. The van der Waals surface area contributed by atoms with Gasteiger partial charge in [-0.1, -0.05) is 55.8 Å². The second-order valence-corrected chi connectivity index (χ2v) is 7.85. The van der Waals surface area contributed by atoms with Gasteiger partial charge in [-0.25, -0.2) is 0 Å². The Kier molecular flexibility index (Phi) is 5.20. The van der Waals surface area contributed by atoms with Gasteiger partial charge in [0.1, 0.15) is 16.9 Å². The standard InChI is InChI=1S/C24H22ClNO3/c1-14(2)23(15-8-10-16(25)11-9-15)24(27)26-19-13-21-18(12-22(19)28-3)17-6-4-5-7-20(17)29-21/h4-14,23H,1-3H3,(H,26,27)/t23-/m0/s1. The first-order chi connectivity index (χ1) is 14.0. The van der Waals surface area contributed by atoms with E-state index in [-0.39, 0.29) is 17.7 Å². The molecule has 0 aliphatic rings. The Morgan fingerprint density at radius 1 is 1.00 bits per heavy atom. The highest BCUT2D eigenvalue weighted by molar-refractivity contribution is 6.30. The molecule has 4 rings (SSSR count). The van der Waals surface area contributed by atoms with Crippen molar-refractivity contribution in [1.29, 1.82) is 0 Å². The van der Waals surface area contributed by atoms with Gasteiger partial charge in [0.2, 0.25) is 5.91 Å². The maximum absolute atomic E-state index is 13.2. The monoisotopic (exact) mass is 407 g/mol. The maximum atomic E-state index is 13.2. The van der Waals surface area contributed by atoms with Gasteiger partial charge in [-0.3, -0.25) is 4.79 Å². The summed E-state index contributed by atoms with van der Waals surface area (Å²) < 4.78 is 11.5. The van der Waals surface area contributed by atoms with Crippen LogP contribution >= 0.6 is 11.6 Å². The first-order valence-corrected chi connectivity index (χ1v) is 9.91. The van der Waals surface area contributed by atoms with Crippen molar-refractivity contribution in [3.05, 3.63) is 71.2 Å². The number of hydrogen-bond donors (Lipinski definition) is 1. The largest absolute Gasteiger partial charge is 0.495 e. The molecule has 0 aliphatic heterocycles. The van der Waals surface area contributed by atoms with E-state index in [1.54, 1.807) is 19.2 Å². The summed E-state index contributed by atoms with van der Waals surface area (Å²) in [6.45, 7) is 4.05. The van der Waals surface area contributed by atoms with Gasteiger partial charge in [-0.2, -0.15) is 0 Å².